The number of para-hydroxylation sites is 1. The zero-order valence-corrected chi connectivity index (χ0v) is 17.4. The number of rotatable bonds is 9. The maximum absolute atomic E-state index is 12.9. The molecular formula is C24H22F3NO5. The minimum Gasteiger partial charge on any atom is -0.488 e. The Kier molecular flexibility index (Phi) is 7.57. The van der Waals surface area contributed by atoms with Crippen molar-refractivity contribution in [1.29, 1.82) is 0 Å². The lowest BCUT2D eigenvalue weighted by Gasteiger charge is -2.17. The van der Waals surface area contributed by atoms with E-state index >= 15 is 0 Å². The summed E-state index contributed by atoms with van der Waals surface area (Å²) < 4.78 is 48.6. The summed E-state index contributed by atoms with van der Waals surface area (Å²) in [6, 6.07) is 17.0. The highest BCUT2D eigenvalue weighted by Crippen LogP contribution is 2.32. The summed E-state index contributed by atoms with van der Waals surface area (Å²) in [4.78, 5) is 11.1. The average Bonchev–Trinajstić information content (AvgIpc) is 2.77. The molecule has 9 heteroatoms. The predicted octanol–water partition coefficient (Wildman–Crippen LogP) is 4.45. The number of aliphatic hydroxyl groups excluding tert-OH is 1. The maximum Gasteiger partial charge on any atom is 0.573 e. The van der Waals surface area contributed by atoms with Crippen LogP contribution in [0, 0.1) is 0 Å². The summed E-state index contributed by atoms with van der Waals surface area (Å²) in [5.74, 6) is -1.24. The topological polar surface area (TPSA) is 102 Å². The van der Waals surface area contributed by atoms with Crippen LogP contribution in [-0.4, -0.2) is 29.2 Å². The number of aliphatic hydroxyl groups is 1. The lowest BCUT2D eigenvalue weighted by Crippen LogP contribution is -2.18. The molecule has 0 unspecified atom stereocenters. The molecule has 0 saturated carbocycles. The van der Waals surface area contributed by atoms with E-state index in [1.54, 1.807) is 48.5 Å². The summed E-state index contributed by atoms with van der Waals surface area (Å²) >= 11 is 0. The van der Waals surface area contributed by atoms with Crippen LogP contribution in [0.1, 0.15) is 22.7 Å². The molecule has 0 amide bonds. The molecule has 6 nitrogen and oxygen atoms in total. The van der Waals surface area contributed by atoms with Gasteiger partial charge in [-0.15, -0.1) is 13.2 Å². The van der Waals surface area contributed by atoms with Gasteiger partial charge in [0, 0.05) is 11.1 Å². The number of alkyl halides is 3. The number of carbonyl (C=O) groups is 1. The van der Waals surface area contributed by atoms with Gasteiger partial charge >= 0.3 is 12.3 Å². The van der Waals surface area contributed by atoms with E-state index in [-0.39, 0.29) is 30.9 Å². The molecular weight excluding hydrogens is 439 g/mol. The third-order valence-electron chi connectivity index (χ3n) is 4.83. The van der Waals surface area contributed by atoms with Crippen molar-refractivity contribution >= 4 is 5.97 Å². The lowest BCUT2D eigenvalue weighted by molar-refractivity contribution is -0.275. The van der Waals surface area contributed by atoms with E-state index in [0.29, 0.717) is 22.3 Å². The first kappa shape index (κ1) is 24.1. The molecule has 0 aromatic heterocycles. The molecule has 3 aromatic carbocycles. The second-order valence-electron chi connectivity index (χ2n) is 7.25. The minimum absolute atomic E-state index is 0.117. The van der Waals surface area contributed by atoms with Crippen LogP contribution in [0.5, 0.6) is 11.5 Å². The second kappa shape index (κ2) is 10.4. The summed E-state index contributed by atoms with van der Waals surface area (Å²) in [5.41, 5.74) is 8.33. The van der Waals surface area contributed by atoms with Crippen LogP contribution in [0.15, 0.2) is 66.7 Å². The highest BCUT2D eigenvalue weighted by atomic mass is 19.4. The van der Waals surface area contributed by atoms with Crippen molar-refractivity contribution in [3.63, 3.8) is 0 Å². The molecule has 0 bridgehead atoms. The smallest absolute Gasteiger partial charge is 0.488 e. The molecule has 3 aromatic rings. The van der Waals surface area contributed by atoms with Crippen LogP contribution < -0.4 is 15.2 Å². The number of ether oxygens (including phenoxy) is 2. The normalized spacial score (nSPS) is 12.3. The van der Waals surface area contributed by atoms with Crippen LogP contribution in [0.4, 0.5) is 13.2 Å². The number of carboxylic acids is 1. The van der Waals surface area contributed by atoms with Crippen LogP contribution in [0.25, 0.3) is 11.1 Å². The molecule has 0 heterocycles. The summed E-state index contributed by atoms with van der Waals surface area (Å²) in [6.45, 7) is -0.539. The molecule has 4 N–H and O–H groups in total. The number of hydrogen-bond donors (Lipinski definition) is 3. The lowest BCUT2D eigenvalue weighted by atomic mass is 9.98. The summed E-state index contributed by atoms with van der Waals surface area (Å²) in [6.07, 6.45) is -5.19. The van der Waals surface area contributed by atoms with E-state index in [1.165, 1.54) is 18.2 Å². The van der Waals surface area contributed by atoms with Crippen molar-refractivity contribution in [3.8, 4) is 22.6 Å². The van der Waals surface area contributed by atoms with Gasteiger partial charge in [0.15, 0.2) is 0 Å². The van der Waals surface area contributed by atoms with Crippen molar-refractivity contribution in [3.05, 3.63) is 83.4 Å². The molecule has 174 valence electrons. The van der Waals surface area contributed by atoms with Gasteiger partial charge in [0.05, 0.1) is 19.1 Å². The first-order valence-electron chi connectivity index (χ1n) is 9.94. The van der Waals surface area contributed by atoms with Crippen molar-refractivity contribution in [2.75, 3.05) is 6.61 Å². The van der Waals surface area contributed by atoms with E-state index in [1.807, 2.05) is 0 Å². The second-order valence-corrected chi connectivity index (χ2v) is 7.25. The van der Waals surface area contributed by atoms with E-state index in [2.05, 4.69) is 4.74 Å². The van der Waals surface area contributed by atoms with Gasteiger partial charge in [-0.05, 0) is 41.0 Å². The highest BCUT2D eigenvalue weighted by Gasteiger charge is 2.32. The van der Waals surface area contributed by atoms with E-state index in [9.17, 15) is 23.1 Å². The van der Waals surface area contributed by atoms with Gasteiger partial charge in [-0.3, -0.25) is 4.79 Å². The number of aliphatic carboxylic acids is 1. The molecule has 33 heavy (non-hydrogen) atoms. The summed E-state index contributed by atoms with van der Waals surface area (Å²) in [7, 11) is 0. The van der Waals surface area contributed by atoms with Crippen LogP contribution >= 0.6 is 0 Å². The fourth-order valence-electron chi connectivity index (χ4n) is 3.26. The van der Waals surface area contributed by atoms with Gasteiger partial charge in [0.25, 0.3) is 0 Å². The quantitative estimate of drug-likeness (QED) is 0.435. The maximum atomic E-state index is 12.9. The Balaban J connectivity index is 1.94. The standard InChI is InChI=1S/C24H22F3NO5/c25-24(26,27)33-22-9-8-16(15-5-3-6-17(10-15)20(28)13-29)11-19(22)14-32-21-7-2-1-4-18(21)12-23(30)31/h1-11,20,29H,12-14,28H2,(H,30,31)/t20-/m1/s1. The molecule has 0 fully saturated rings. The third kappa shape index (κ3) is 6.71. The zero-order chi connectivity index (χ0) is 24.0. The van der Waals surface area contributed by atoms with E-state index in [0.717, 1.165) is 0 Å². The first-order valence-corrected chi connectivity index (χ1v) is 9.94. The number of benzene rings is 3. The van der Waals surface area contributed by atoms with Crippen molar-refractivity contribution in [1.82, 2.24) is 0 Å². The van der Waals surface area contributed by atoms with Crippen LogP contribution in [0.3, 0.4) is 0 Å². The molecule has 0 aliphatic rings. The minimum atomic E-state index is -4.90. The highest BCUT2D eigenvalue weighted by molar-refractivity contribution is 5.71. The molecule has 0 aliphatic carbocycles. The van der Waals surface area contributed by atoms with Crippen LogP contribution in [0.2, 0.25) is 0 Å². The van der Waals surface area contributed by atoms with Crippen LogP contribution in [-0.2, 0) is 17.8 Å². The Morgan fingerprint density at radius 2 is 1.67 bits per heavy atom. The monoisotopic (exact) mass is 461 g/mol. The van der Waals surface area contributed by atoms with Crippen molar-refractivity contribution in [2.24, 2.45) is 5.73 Å². The van der Waals surface area contributed by atoms with E-state index < -0.39 is 24.1 Å². The molecule has 3 rings (SSSR count). The first-order chi connectivity index (χ1) is 15.7. The van der Waals surface area contributed by atoms with Crippen molar-refractivity contribution in [2.45, 2.75) is 25.4 Å². The van der Waals surface area contributed by atoms with Gasteiger partial charge < -0.3 is 25.4 Å². The van der Waals surface area contributed by atoms with Gasteiger partial charge in [0.2, 0.25) is 0 Å². The average molecular weight is 461 g/mol. The molecule has 1 atom stereocenters. The predicted molar refractivity (Wildman–Crippen MR) is 115 cm³/mol. The number of halogens is 3. The number of hydrogen-bond acceptors (Lipinski definition) is 5. The van der Waals surface area contributed by atoms with Gasteiger partial charge in [-0.1, -0.05) is 42.5 Å². The molecule has 0 saturated heterocycles. The Labute approximate surface area is 188 Å². The third-order valence-corrected chi connectivity index (χ3v) is 4.83. The molecule has 0 radical (unpaired) electrons. The number of nitrogens with two attached hydrogens (primary N) is 1. The Morgan fingerprint density at radius 3 is 2.36 bits per heavy atom. The largest absolute Gasteiger partial charge is 0.573 e. The van der Waals surface area contributed by atoms with Gasteiger partial charge in [0.1, 0.15) is 18.1 Å². The molecule has 0 spiro atoms. The molecule has 0 aliphatic heterocycles. The SMILES string of the molecule is N[C@H](CO)c1cccc(-c2ccc(OC(F)(F)F)c(COc3ccccc3CC(=O)O)c2)c1. The fraction of sp³-hybridized carbons (Fsp3) is 0.208. The summed E-state index contributed by atoms with van der Waals surface area (Å²) in [5, 5.41) is 18.4. The Morgan fingerprint density at radius 1 is 0.939 bits per heavy atom. The van der Waals surface area contributed by atoms with Crippen molar-refractivity contribution < 1.29 is 37.7 Å². The van der Waals surface area contributed by atoms with E-state index in [4.69, 9.17) is 15.6 Å². The Hall–Kier alpha value is -3.56. The van der Waals surface area contributed by atoms with Gasteiger partial charge in [-0.2, -0.15) is 0 Å². The van der Waals surface area contributed by atoms with Gasteiger partial charge in [-0.25, -0.2) is 0 Å². The Bertz CT molecular complexity index is 1120. The fourth-order valence-corrected chi connectivity index (χ4v) is 3.26. The number of carboxylic acid groups (broad SMARTS) is 1. The zero-order valence-electron chi connectivity index (χ0n) is 17.4.